The summed E-state index contributed by atoms with van der Waals surface area (Å²) in [5, 5.41) is 11.2. The molecular weight excluding hydrogens is 514 g/mol. The Morgan fingerprint density at radius 1 is 1.00 bits per heavy atom. The number of amides is 3. The van der Waals surface area contributed by atoms with E-state index in [1.807, 2.05) is 88.4 Å². The number of nitrogens with one attached hydrogen (secondary N) is 2. The maximum atomic E-state index is 13.4. The largest absolute Gasteiger partial charge is 0.497 e. The van der Waals surface area contributed by atoms with Crippen LogP contribution in [0.25, 0.3) is 16.8 Å². The van der Waals surface area contributed by atoms with Crippen LogP contribution in [0.3, 0.4) is 0 Å². The van der Waals surface area contributed by atoms with E-state index in [9.17, 15) is 9.59 Å². The van der Waals surface area contributed by atoms with E-state index in [1.54, 1.807) is 23.9 Å². The van der Waals surface area contributed by atoms with Crippen molar-refractivity contribution in [1.82, 2.24) is 14.7 Å². The van der Waals surface area contributed by atoms with Crippen molar-refractivity contribution in [3.8, 4) is 22.6 Å². The molecule has 0 aliphatic rings. The zero-order valence-electron chi connectivity index (χ0n) is 22.7. The Hall–Kier alpha value is -4.30. The van der Waals surface area contributed by atoms with Gasteiger partial charge in [0.15, 0.2) is 0 Å². The summed E-state index contributed by atoms with van der Waals surface area (Å²) in [5.41, 5.74) is 4.69. The van der Waals surface area contributed by atoms with Gasteiger partial charge in [-0.2, -0.15) is 5.10 Å². The van der Waals surface area contributed by atoms with Crippen LogP contribution in [0.15, 0.2) is 72.8 Å². The molecule has 3 aromatic carbocycles. The van der Waals surface area contributed by atoms with E-state index in [0.717, 1.165) is 28.1 Å². The van der Waals surface area contributed by atoms with Gasteiger partial charge in [0.1, 0.15) is 18.1 Å². The summed E-state index contributed by atoms with van der Waals surface area (Å²) in [7, 11) is 1.61. The summed E-state index contributed by atoms with van der Waals surface area (Å²) < 4.78 is 6.99. The minimum absolute atomic E-state index is 0.163. The zero-order chi connectivity index (χ0) is 28.1. The Labute approximate surface area is 233 Å². The average molecular weight is 546 g/mol. The molecule has 0 spiro atoms. The number of hydrogen-bond donors (Lipinski definition) is 2. The van der Waals surface area contributed by atoms with Crippen LogP contribution in [0, 0.1) is 13.8 Å². The van der Waals surface area contributed by atoms with Crippen LogP contribution in [0.4, 0.5) is 16.3 Å². The Morgan fingerprint density at radius 2 is 1.69 bits per heavy atom. The van der Waals surface area contributed by atoms with Crippen LogP contribution in [0.2, 0.25) is 5.02 Å². The number of aromatic nitrogens is 2. The van der Waals surface area contributed by atoms with E-state index in [-0.39, 0.29) is 18.5 Å². The van der Waals surface area contributed by atoms with Crippen molar-refractivity contribution in [3.63, 3.8) is 0 Å². The van der Waals surface area contributed by atoms with Gasteiger partial charge in [0.05, 0.1) is 18.5 Å². The minimum atomic E-state index is -0.400. The van der Waals surface area contributed by atoms with Gasteiger partial charge in [-0.25, -0.2) is 9.48 Å². The van der Waals surface area contributed by atoms with Crippen molar-refractivity contribution in [3.05, 3.63) is 89.1 Å². The first-order chi connectivity index (χ1) is 18.7. The monoisotopic (exact) mass is 545 g/mol. The summed E-state index contributed by atoms with van der Waals surface area (Å²) in [4.78, 5) is 28.1. The lowest BCUT2D eigenvalue weighted by Gasteiger charge is -2.26. The number of carbonyl (C=O) groups is 2. The Morgan fingerprint density at radius 3 is 2.31 bits per heavy atom. The number of rotatable bonds is 8. The number of urea groups is 1. The molecule has 0 saturated carbocycles. The van der Waals surface area contributed by atoms with E-state index >= 15 is 0 Å². The van der Waals surface area contributed by atoms with Crippen LogP contribution in [-0.2, 0) is 4.79 Å². The van der Waals surface area contributed by atoms with Crippen LogP contribution in [0.1, 0.15) is 25.1 Å². The van der Waals surface area contributed by atoms with Gasteiger partial charge in [-0.05, 0) is 75.2 Å². The Kier molecular flexibility index (Phi) is 8.56. The highest BCUT2D eigenvalue weighted by atomic mass is 35.5. The quantitative estimate of drug-likeness (QED) is 0.258. The summed E-state index contributed by atoms with van der Waals surface area (Å²) in [6.45, 7) is 7.34. The molecule has 0 unspecified atom stereocenters. The van der Waals surface area contributed by atoms with E-state index < -0.39 is 6.03 Å². The number of hydrogen-bond acceptors (Lipinski definition) is 4. The lowest BCUT2D eigenvalue weighted by Crippen LogP contribution is -2.44. The number of nitrogens with zero attached hydrogens (tertiary/aromatic N) is 3. The van der Waals surface area contributed by atoms with E-state index in [1.165, 1.54) is 4.90 Å². The van der Waals surface area contributed by atoms with Crippen LogP contribution < -0.4 is 15.4 Å². The molecule has 39 heavy (non-hydrogen) atoms. The predicted octanol–water partition coefficient (Wildman–Crippen LogP) is 6.70. The average Bonchev–Trinajstić information content (AvgIpc) is 3.24. The standard InChI is InChI=1S/C30H32ClN5O3/c1-19(2)35(30(38)32-23-12-11-20(3)26(31)17-23)18-27(37)33-29-28(22-9-7-6-8-10-22)21(4)34-36(29)24-13-15-25(39-5)16-14-24/h6-17,19H,18H2,1-5H3,(H,32,38)(H,33,37). The van der Waals surface area contributed by atoms with Gasteiger partial charge >= 0.3 is 6.03 Å². The summed E-state index contributed by atoms with van der Waals surface area (Å²) in [6.07, 6.45) is 0. The second-order valence-electron chi connectivity index (χ2n) is 9.45. The number of methoxy groups -OCH3 is 1. The van der Waals surface area contributed by atoms with Gasteiger partial charge in [-0.3, -0.25) is 4.79 Å². The molecule has 3 amide bonds. The third kappa shape index (κ3) is 6.41. The molecule has 4 aromatic rings. The molecule has 1 aromatic heterocycles. The Bertz CT molecular complexity index is 1470. The second kappa shape index (κ2) is 12.0. The maximum absolute atomic E-state index is 13.4. The molecule has 1 heterocycles. The fraction of sp³-hybridized carbons (Fsp3) is 0.233. The van der Waals surface area contributed by atoms with Crippen LogP contribution in [-0.4, -0.2) is 46.3 Å². The number of carbonyl (C=O) groups excluding carboxylic acids is 2. The van der Waals surface area contributed by atoms with Crippen LogP contribution >= 0.6 is 11.6 Å². The van der Waals surface area contributed by atoms with Crippen LogP contribution in [0.5, 0.6) is 5.75 Å². The highest BCUT2D eigenvalue weighted by Crippen LogP contribution is 2.34. The van der Waals surface area contributed by atoms with E-state index in [4.69, 9.17) is 21.4 Å². The maximum Gasteiger partial charge on any atom is 0.322 e. The molecule has 0 saturated heterocycles. The summed E-state index contributed by atoms with van der Waals surface area (Å²) in [5.74, 6) is 0.876. The smallest absolute Gasteiger partial charge is 0.322 e. The number of aryl methyl sites for hydroxylation is 2. The minimum Gasteiger partial charge on any atom is -0.497 e. The molecule has 0 bridgehead atoms. The number of ether oxygens (including phenoxy) is 1. The molecule has 4 rings (SSSR count). The molecular formula is C30H32ClN5O3. The molecule has 0 atom stereocenters. The molecule has 0 fully saturated rings. The van der Waals surface area contributed by atoms with Crippen molar-refractivity contribution < 1.29 is 14.3 Å². The van der Waals surface area contributed by atoms with Crippen molar-refractivity contribution >= 4 is 35.0 Å². The van der Waals surface area contributed by atoms with Gasteiger partial charge in [0.2, 0.25) is 5.91 Å². The highest BCUT2D eigenvalue weighted by Gasteiger charge is 2.24. The van der Waals surface area contributed by atoms with Gasteiger partial charge in [0.25, 0.3) is 0 Å². The molecule has 0 radical (unpaired) electrons. The van der Waals surface area contributed by atoms with Gasteiger partial charge in [-0.15, -0.1) is 0 Å². The zero-order valence-corrected chi connectivity index (χ0v) is 23.4. The fourth-order valence-electron chi connectivity index (χ4n) is 4.18. The lowest BCUT2D eigenvalue weighted by atomic mass is 10.1. The van der Waals surface area contributed by atoms with Crippen molar-refractivity contribution in [1.29, 1.82) is 0 Å². The first-order valence-corrected chi connectivity index (χ1v) is 13.0. The van der Waals surface area contributed by atoms with Crippen molar-refractivity contribution in [2.24, 2.45) is 0 Å². The molecule has 2 N–H and O–H groups in total. The second-order valence-corrected chi connectivity index (χ2v) is 9.86. The number of benzene rings is 3. The lowest BCUT2D eigenvalue weighted by molar-refractivity contribution is -0.117. The van der Waals surface area contributed by atoms with Gasteiger partial charge < -0.3 is 20.3 Å². The number of halogens is 1. The topological polar surface area (TPSA) is 88.5 Å². The van der Waals surface area contributed by atoms with E-state index in [0.29, 0.717) is 22.3 Å². The third-order valence-corrected chi connectivity index (χ3v) is 6.73. The molecule has 202 valence electrons. The molecule has 0 aliphatic carbocycles. The highest BCUT2D eigenvalue weighted by molar-refractivity contribution is 6.31. The Balaban J connectivity index is 1.63. The first-order valence-electron chi connectivity index (χ1n) is 12.6. The molecule has 0 aliphatic heterocycles. The SMILES string of the molecule is COc1ccc(-n2nc(C)c(-c3ccccc3)c2NC(=O)CN(C(=O)Nc2ccc(C)c(Cl)c2)C(C)C)cc1. The third-order valence-electron chi connectivity index (χ3n) is 6.32. The molecule has 9 heteroatoms. The van der Waals surface area contributed by atoms with E-state index in [2.05, 4.69) is 10.6 Å². The first kappa shape index (κ1) is 27.7. The normalized spacial score (nSPS) is 10.8. The van der Waals surface area contributed by atoms with Gasteiger partial charge in [-0.1, -0.05) is 48.0 Å². The summed E-state index contributed by atoms with van der Waals surface area (Å²) in [6, 6.07) is 21.8. The van der Waals surface area contributed by atoms with Gasteiger partial charge in [0, 0.05) is 22.3 Å². The molecule has 8 nitrogen and oxygen atoms in total. The van der Waals surface area contributed by atoms with Crippen molar-refractivity contribution in [2.45, 2.75) is 33.7 Å². The predicted molar refractivity (Wildman–Crippen MR) is 156 cm³/mol. The van der Waals surface area contributed by atoms with Crippen molar-refractivity contribution in [2.75, 3.05) is 24.3 Å². The number of anilines is 2. The fourth-order valence-corrected chi connectivity index (χ4v) is 4.37. The summed E-state index contributed by atoms with van der Waals surface area (Å²) >= 11 is 6.22.